The van der Waals surface area contributed by atoms with Gasteiger partial charge in [-0.05, 0) is 50.5 Å². The van der Waals surface area contributed by atoms with Crippen LogP contribution in [0.2, 0.25) is 0 Å². The van der Waals surface area contributed by atoms with Crippen LogP contribution in [0.3, 0.4) is 0 Å². The number of carbonyl (C=O) groups excluding carboxylic acids is 1. The van der Waals surface area contributed by atoms with E-state index in [1.54, 1.807) is 11.8 Å². The predicted molar refractivity (Wildman–Crippen MR) is 72.0 cm³/mol. The molecule has 5 heteroatoms. The van der Waals surface area contributed by atoms with E-state index in [1.165, 1.54) is 18.2 Å². The number of rotatable bonds is 2. The van der Waals surface area contributed by atoms with Crippen molar-refractivity contribution in [2.75, 3.05) is 6.54 Å². The van der Waals surface area contributed by atoms with E-state index in [1.807, 2.05) is 6.92 Å². The van der Waals surface area contributed by atoms with Crippen LogP contribution >= 0.6 is 0 Å². The molecule has 0 radical (unpaired) electrons. The molecule has 1 amide bonds. The fourth-order valence-corrected chi connectivity index (χ4v) is 2.64. The van der Waals surface area contributed by atoms with Crippen LogP contribution in [0.4, 0.5) is 4.39 Å². The van der Waals surface area contributed by atoms with Gasteiger partial charge in [0.25, 0.3) is 5.91 Å². The number of halogens is 1. The molecule has 0 saturated carbocycles. The summed E-state index contributed by atoms with van der Waals surface area (Å²) in [4.78, 5) is 25.1. The fourth-order valence-electron chi connectivity index (χ4n) is 2.64. The third-order valence-electron chi connectivity index (χ3n) is 3.89. The summed E-state index contributed by atoms with van der Waals surface area (Å²) >= 11 is 0. The molecule has 1 heterocycles. The molecule has 1 aliphatic rings. The summed E-state index contributed by atoms with van der Waals surface area (Å²) in [6, 6.07) is 4.17. The summed E-state index contributed by atoms with van der Waals surface area (Å²) in [7, 11) is 0. The second-order valence-corrected chi connectivity index (χ2v) is 5.37. The highest BCUT2D eigenvalue weighted by Crippen LogP contribution is 2.25. The molecule has 108 valence electrons. The second-order valence-electron chi connectivity index (χ2n) is 5.37. The number of benzene rings is 1. The minimum Gasteiger partial charge on any atom is -0.481 e. The lowest BCUT2D eigenvalue weighted by Gasteiger charge is -2.36. The van der Waals surface area contributed by atoms with Crippen molar-refractivity contribution in [2.24, 2.45) is 5.92 Å². The minimum absolute atomic E-state index is 0.122. The summed E-state index contributed by atoms with van der Waals surface area (Å²) in [5.41, 5.74) is 0.883. The van der Waals surface area contributed by atoms with Crippen molar-refractivity contribution in [2.45, 2.75) is 32.7 Å². The first kappa shape index (κ1) is 14.5. The molecule has 20 heavy (non-hydrogen) atoms. The number of carboxylic acid groups (broad SMARTS) is 1. The Labute approximate surface area is 117 Å². The van der Waals surface area contributed by atoms with Crippen LogP contribution in [0.25, 0.3) is 0 Å². The van der Waals surface area contributed by atoms with Crippen molar-refractivity contribution in [1.29, 1.82) is 0 Å². The van der Waals surface area contributed by atoms with Gasteiger partial charge in [0.2, 0.25) is 0 Å². The second kappa shape index (κ2) is 5.61. The number of carboxylic acids is 1. The third kappa shape index (κ3) is 2.81. The van der Waals surface area contributed by atoms with Crippen LogP contribution in [0.1, 0.15) is 35.7 Å². The topological polar surface area (TPSA) is 57.6 Å². The van der Waals surface area contributed by atoms with E-state index >= 15 is 0 Å². The average Bonchev–Trinajstić information content (AvgIpc) is 2.41. The van der Waals surface area contributed by atoms with E-state index in [0.29, 0.717) is 30.5 Å². The van der Waals surface area contributed by atoms with E-state index in [2.05, 4.69) is 0 Å². The molecule has 0 spiro atoms. The van der Waals surface area contributed by atoms with Crippen molar-refractivity contribution in [3.8, 4) is 0 Å². The zero-order valence-electron chi connectivity index (χ0n) is 11.6. The zero-order valence-corrected chi connectivity index (χ0v) is 11.6. The summed E-state index contributed by atoms with van der Waals surface area (Å²) < 4.78 is 13.2. The number of hydrogen-bond acceptors (Lipinski definition) is 2. The number of piperidine rings is 1. The standard InChI is InChI=1S/C15H18FNO3/c1-9-7-11(3-4-13(9)16)14(18)17-6-5-12(15(19)20)8-10(17)2/h3-4,7,10,12H,5-6,8H2,1-2H3,(H,19,20). The molecular formula is C15H18FNO3. The van der Waals surface area contributed by atoms with Gasteiger partial charge in [-0.2, -0.15) is 0 Å². The Bertz CT molecular complexity index is 544. The van der Waals surface area contributed by atoms with E-state index < -0.39 is 5.97 Å². The van der Waals surface area contributed by atoms with Crippen molar-refractivity contribution in [3.05, 3.63) is 35.1 Å². The van der Waals surface area contributed by atoms with Gasteiger partial charge in [0.15, 0.2) is 0 Å². The van der Waals surface area contributed by atoms with Crippen LogP contribution in [0.15, 0.2) is 18.2 Å². The Kier molecular flexibility index (Phi) is 4.06. The van der Waals surface area contributed by atoms with Gasteiger partial charge in [-0.25, -0.2) is 4.39 Å². The molecule has 1 fully saturated rings. The van der Waals surface area contributed by atoms with Crippen LogP contribution in [-0.2, 0) is 4.79 Å². The molecule has 2 rings (SSSR count). The number of amides is 1. The number of hydrogen-bond donors (Lipinski definition) is 1. The molecule has 0 aromatic heterocycles. The van der Waals surface area contributed by atoms with E-state index in [4.69, 9.17) is 5.11 Å². The summed E-state index contributed by atoms with van der Waals surface area (Å²) in [6.07, 6.45) is 0.923. The first-order valence-electron chi connectivity index (χ1n) is 6.70. The number of nitrogens with zero attached hydrogens (tertiary/aromatic N) is 1. The Hall–Kier alpha value is -1.91. The highest BCUT2D eigenvalue weighted by molar-refractivity contribution is 5.94. The number of carbonyl (C=O) groups is 2. The average molecular weight is 279 g/mol. The minimum atomic E-state index is -0.804. The molecule has 4 nitrogen and oxygen atoms in total. The van der Waals surface area contributed by atoms with Crippen LogP contribution in [0.5, 0.6) is 0 Å². The molecule has 0 aliphatic carbocycles. The number of aliphatic carboxylic acids is 1. The monoisotopic (exact) mass is 279 g/mol. The first-order valence-corrected chi connectivity index (χ1v) is 6.70. The lowest BCUT2D eigenvalue weighted by molar-refractivity contribution is -0.143. The van der Waals surface area contributed by atoms with Gasteiger partial charge in [-0.3, -0.25) is 9.59 Å². The molecule has 1 aromatic carbocycles. The molecule has 2 unspecified atom stereocenters. The van der Waals surface area contributed by atoms with E-state index in [9.17, 15) is 14.0 Å². The summed E-state index contributed by atoms with van der Waals surface area (Å²) in [6.45, 7) is 3.89. The number of aryl methyl sites for hydroxylation is 1. The molecule has 1 N–H and O–H groups in total. The highest BCUT2D eigenvalue weighted by Gasteiger charge is 2.32. The molecule has 1 aromatic rings. The quantitative estimate of drug-likeness (QED) is 0.904. The summed E-state index contributed by atoms with van der Waals surface area (Å²) in [5, 5.41) is 9.02. The van der Waals surface area contributed by atoms with Gasteiger partial charge in [-0.1, -0.05) is 0 Å². The maximum atomic E-state index is 13.2. The van der Waals surface area contributed by atoms with Crippen LogP contribution in [0, 0.1) is 18.7 Å². The highest BCUT2D eigenvalue weighted by atomic mass is 19.1. The normalized spacial score (nSPS) is 22.6. The Morgan fingerprint density at radius 1 is 1.40 bits per heavy atom. The lowest BCUT2D eigenvalue weighted by atomic mass is 9.91. The van der Waals surface area contributed by atoms with Gasteiger partial charge >= 0.3 is 5.97 Å². The largest absolute Gasteiger partial charge is 0.481 e. The Balaban J connectivity index is 2.13. The van der Waals surface area contributed by atoms with E-state index in [-0.39, 0.29) is 23.7 Å². The zero-order chi connectivity index (χ0) is 14.9. The lowest BCUT2D eigenvalue weighted by Crippen LogP contribution is -2.46. The third-order valence-corrected chi connectivity index (χ3v) is 3.89. The SMILES string of the molecule is Cc1cc(C(=O)N2CCC(C(=O)O)CC2C)ccc1F. The van der Waals surface area contributed by atoms with Gasteiger partial charge < -0.3 is 10.0 Å². The van der Waals surface area contributed by atoms with Crippen molar-refractivity contribution < 1.29 is 19.1 Å². The van der Waals surface area contributed by atoms with Crippen molar-refractivity contribution >= 4 is 11.9 Å². The van der Waals surface area contributed by atoms with E-state index in [0.717, 1.165) is 0 Å². The van der Waals surface area contributed by atoms with Crippen LogP contribution in [-0.4, -0.2) is 34.5 Å². The molecule has 2 atom stereocenters. The Morgan fingerprint density at radius 2 is 2.10 bits per heavy atom. The maximum absolute atomic E-state index is 13.2. The van der Waals surface area contributed by atoms with Gasteiger partial charge in [0.05, 0.1) is 5.92 Å². The molecule has 0 bridgehead atoms. The van der Waals surface area contributed by atoms with Gasteiger partial charge in [0.1, 0.15) is 5.82 Å². The number of likely N-dealkylation sites (tertiary alicyclic amines) is 1. The fraction of sp³-hybridized carbons (Fsp3) is 0.467. The predicted octanol–water partition coefficient (Wildman–Crippen LogP) is 2.46. The maximum Gasteiger partial charge on any atom is 0.306 e. The van der Waals surface area contributed by atoms with Gasteiger partial charge in [-0.15, -0.1) is 0 Å². The summed E-state index contributed by atoms with van der Waals surface area (Å²) in [5.74, 6) is -1.69. The Morgan fingerprint density at radius 3 is 2.65 bits per heavy atom. The molecular weight excluding hydrogens is 261 g/mol. The first-order chi connectivity index (χ1) is 9.40. The smallest absolute Gasteiger partial charge is 0.306 e. The van der Waals surface area contributed by atoms with Crippen molar-refractivity contribution in [1.82, 2.24) is 4.90 Å². The molecule has 1 saturated heterocycles. The molecule has 1 aliphatic heterocycles. The van der Waals surface area contributed by atoms with Gasteiger partial charge in [0, 0.05) is 18.2 Å². The van der Waals surface area contributed by atoms with Crippen molar-refractivity contribution in [3.63, 3.8) is 0 Å². The van der Waals surface area contributed by atoms with Crippen LogP contribution < -0.4 is 0 Å².